The number of hydrogen-bond acceptors (Lipinski definition) is 12. The summed E-state index contributed by atoms with van der Waals surface area (Å²) in [6.07, 6.45) is 0.0858. The van der Waals surface area contributed by atoms with Crippen LogP contribution in [0, 0.1) is 0 Å². The van der Waals surface area contributed by atoms with Gasteiger partial charge in [-0.2, -0.15) is 5.10 Å². The fraction of sp³-hybridized carbons (Fsp3) is 0.538. The number of imidazole rings is 1. The van der Waals surface area contributed by atoms with Crippen LogP contribution in [0.25, 0.3) is 5.65 Å². The maximum absolute atomic E-state index is 13.9. The zero-order valence-electron chi connectivity index (χ0n) is 23.5. The lowest BCUT2D eigenvalue weighted by Crippen LogP contribution is -2.37. The third-order valence-electron chi connectivity index (χ3n) is 6.43. The fourth-order valence-corrected chi connectivity index (χ4v) is 6.50. The number of ether oxygens (including phenoxy) is 5. The molecule has 2 aromatic heterocycles. The van der Waals surface area contributed by atoms with Crippen LogP contribution in [0.4, 0.5) is 5.82 Å². The van der Waals surface area contributed by atoms with Crippen molar-refractivity contribution in [3.05, 3.63) is 48.5 Å². The Bertz CT molecular complexity index is 1420. The van der Waals surface area contributed by atoms with E-state index in [1.165, 1.54) is 6.33 Å². The second-order valence-electron chi connectivity index (χ2n) is 10.6. The van der Waals surface area contributed by atoms with Crippen molar-refractivity contribution < 1.29 is 37.6 Å². The molecule has 3 unspecified atom stereocenters. The largest absolute Gasteiger partial charge is 0.462 e. The predicted octanol–water partition coefficient (Wildman–Crippen LogP) is 2.84. The zero-order chi connectivity index (χ0) is 29.4. The van der Waals surface area contributed by atoms with E-state index in [1.54, 1.807) is 55.7 Å². The van der Waals surface area contributed by atoms with Gasteiger partial charge >= 0.3 is 13.5 Å². The van der Waals surface area contributed by atoms with Crippen LogP contribution in [0.2, 0.25) is 0 Å². The van der Waals surface area contributed by atoms with Crippen molar-refractivity contribution in [2.45, 2.75) is 77.0 Å². The van der Waals surface area contributed by atoms with E-state index in [9.17, 15) is 9.36 Å². The van der Waals surface area contributed by atoms with E-state index in [0.29, 0.717) is 17.1 Å². The van der Waals surface area contributed by atoms with Crippen molar-refractivity contribution in [2.75, 3.05) is 18.7 Å². The van der Waals surface area contributed by atoms with E-state index < -0.39 is 49.7 Å². The number of carbonyl (C=O) groups is 1. The van der Waals surface area contributed by atoms with Gasteiger partial charge in [-0.05, 0) is 46.8 Å². The minimum absolute atomic E-state index is 0.000390. The molecule has 3 N–H and O–H groups in total. The first-order valence-electron chi connectivity index (χ1n) is 13.3. The number of benzene rings is 1. The van der Waals surface area contributed by atoms with Crippen LogP contribution in [0.1, 0.15) is 46.4 Å². The van der Waals surface area contributed by atoms with E-state index in [4.69, 9.17) is 33.9 Å². The maximum atomic E-state index is 13.9. The summed E-state index contributed by atoms with van der Waals surface area (Å²) < 4.78 is 51.2. The number of para-hydroxylation sites is 1. The Kier molecular flexibility index (Phi) is 8.33. The number of aromatic nitrogens is 4. The average molecular weight is 591 g/mol. The Morgan fingerprint density at radius 3 is 2.63 bits per heavy atom. The van der Waals surface area contributed by atoms with Crippen molar-refractivity contribution >= 4 is 25.0 Å². The van der Waals surface area contributed by atoms with Crippen LogP contribution in [-0.4, -0.2) is 74.8 Å². The lowest BCUT2D eigenvalue weighted by Gasteiger charge is -2.26. The summed E-state index contributed by atoms with van der Waals surface area (Å²) in [6.45, 7) is 8.66. The van der Waals surface area contributed by atoms with Gasteiger partial charge in [0, 0.05) is 0 Å². The summed E-state index contributed by atoms with van der Waals surface area (Å²) in [4.78, 5) is 20.8. The number of fused-ring (bicyclic) bond motifs is 2. The number of nitrogen functional groups attached to an aromatic ring is 1. The van der Waals surface area contributed by atoms with E-state index in [1.807, 2.05) is 19.9 Å². The highest BCUT2D eigenvalue weighted by Gasteiger charge is 2.56. The molecule has 0 bridgehead atoms. The van der Waals surface area contributed by atoms with E-state index in [2.05, 4.69) is 20.2 Å². The van der Waals surface area contributed by atoms with Crippen LogP contribution >= 0.6 is 7.52 Å². The molecule has 5 rings (SSSR count). The van der Waals surface area contributed by atoms with Gasteiger partial charge in [-0.1, -0.05) is 18.2 Å². The van der Waals surface area contributed by atoms with E-state index in [0.717, 1.165) is 0 Å². The second-order valence-corrected chi connectivity index (χ2v) is 12.7. The summed E-state index contributed by atoms with van der Waals surface area (Å²) in [5.41, 5.74) is 6.97. The molecule has 0 aliphatic carbocycles. The first-order chi connectivity index (χ1) is 19.4. The summed E-state index contributed by atoms with van der Waals surface area (Å²) in [5.74, 6) is -0.837. The minimum atomic E-state index is -3.75. The molecule has 222 valence electrons. The highest BCUT2D eigenvalue weighted by molar-refractivity contribution is 7.57. The van der Waals surface area contributed by atoms with Gasteiger partial charge in [-0.15, -0.1) is 0 Å². The predicted molar refractivity (Wildman–Crippen MR) is 146 cm³/mol. The highest BCUT2D eigenvalue weighted by Crippen LogP contribution is 2.47. The number of nitrogens with one attached hydrogen (secondary N) is 1. The molecular formula is C26H35N6O8P. The van der Waals surface area contributed by atoms with Gasteiger partial charge in [0.15, 0.2) is 17.3 Å². The van der Waals surface area contributed by atoms with Gasteiger partial charge in [0.2, 0.25) is 0 Å². The summed E-state index contributed by atoms with van der Waals surface area (Å²) in [7, 11) is -3.75. The van der Waals surface area contributed by atoms with Crippen molar-refractivity contribution in [3.63, 3.8) is 0 Å². The molecular weight excluding hydrogens is 555 g/mol. The number of hydrogen-bond donors (Lipinski definition) is 2. The van der Waals surface area contributed by atoms with E-state index >= 15 is 0 Å². The standard InChI is InChI=1S/C26H35N6O8P/c1-15(2)36-25(33)16(3)31-41(34,40-17-9-7-6-8-10-17)14-35-12-19-21-22(39-26(4,5)38-21)20(37-19)18-11-28-24-23(27)29-13-30-32(18)24/h6-11,13,15-16,19-22H,12,14H2,1-5H3,(H,31,34)(H2,27,29,30)/t16-,19?,20?,21+,22-,41?/m0/s1. The number of anilines is 1. The number of nitrogens with zero attached hydrogens (tertiary/aromatic N) is 4. The quantitative estimate of drug-likeness (QED) is 0.247. The molecule has 0 amide bonds. The summed E-state index contributed by atoms with van der Waals surface area (Å²) >= 11 is 0. The van der Waals surface area contributed by atoms with Crippen LogP contribution in [-0.2, 0) is 33.0 Å². The molecule has 15 heteroatoms. The fourth-order valence-electron chi connectivity index (χ4n) is 4.81. The van der Waals surface area contributed by atoms with Crippen molar-refractivity contribution in [1.82, 2.24) is 24.7 Å². The summed E-state index contributed by atoms with van der Waals surface area (Å²) in [6, 6.07) is 7.73. The number of carbonyl (C=O) groups excluding carboxylic acids is 1. The Morgan fingerprint density at radius 2 is 1.90 bits per heavy atom. The second kappa shape index (κ2) is 11.6. The molecule has 2 aliphatic rings. The third-order valence-corrected chi connectivity index (χ3v) is 8.24. The van der Waals surface area contributed by atoms with Gasteiger partial charge < -0.3 is 33.9 Å². The van der Waals surface area contributed by atoms with Gasteiger partial charge in [-0.25, -0.2) is 19.6 Å². The molecule has 0 radical (unpaired) electrons. The first-order valence-corrected chi connectivity index (χ1v) is 15.1. The van der Waals surface area contributed by atoms with Crippen molar-refractivity contribution in [3.8, 4) is 5.75 Å². The van der Waals surface area contributed by atoms with Crippen LogP contribution in [0.15, 0.2) is 42.9 Å². The molecule has 0 saturated carbocycles. The molecule has 2 saturated heterocycles. The Morgan fingerprint density at radius 1 is 1.17 bits per heavy atom. The molecule has 41 heavy (non-hydrogen) atoms. The lowest BCUT2D eigenvalue weighted by atomic mass is 10.1. The smallest absolute Gasteiger partial charge is 0.342 e. The molecule has 14 nitrogen and oxygen atoms in total. The van der Waals surface area contributed by atoms with Gasteiger partial charge in [0.25, 0.3) is 0 Å². The number of nitrogens with two attached hydrogens (primary N) is 1. The molecule has 4 heterocycles. The SMILES string of the molecule is CC(C)OC(=O)[C@H](C)NP(=O)(COCC1OC(c2cnc3c(N)ncnn23)[C@@H]2OC(C)(C)O[C@H]12)Oc1ccccc1. The molecule has 2 aliphatic heterocycles. The van der Waals surface area contributed by atoms with Gasteiger partial charge in [0.1, 0.15) is 48.9 Å². The lowest BCUT2D eigenvalue weighted by molar-refractivity contribution is -0.192. The first kappa shape index (κ1) is 29.4. The molecule has 1 aromatic carbocycles. The molecule has 0 spiro atoms. The van der Waals surface area contributed by atoms with Crippen molar-refractivity contribution in [2.24, 2.45) is 0 Å². The van der Waals surface area contributed by atoms with Crippen LogP contribution < -0.4 is 15.3 Å². The Labute approximate surface area is 237 Å². The van der Waals surface area contributed by atoms with E-state index in [-0.39, 0.29) is 24.9 Å². The maximum Gasteiger partial charge on any atom is 0.342 e. The summed E-state index contributed by atoms with van der Waals surface area (Å²) in [5, 5.41) is 7.06. The normalized spacial score (nSPS) is 25.6. The topological polar surface area (TPSA) is 171 Å². The molecule has 2 fully saturated rings. The van der Waals surface area contributed by atoms with Gasteiger partial charge in [0.05, 0.1) is 24.6 Å². The Hall–Kier alpha value is -3.13. The molecule has 6 atom stereocenters. The monoisotopic (exact) mass is 590 g/mol. The molecule has 3 aromatic rings. The average Bonchev–Trinajstić information content (AvgIpc) is 3.56. The van der Waals surface area contributed by atoms with Gasteiger partial charge in [-0.3, -0.25) is 9.36 Å². The highest BCUT2D eigenvalue weighted by atomic mass is 31.2. The number of rotatable bonds is 11. The zero-order valence-corrected chi connectivity index (χ0v) is 24.4. The third kappa shape index (κ3) is 6.53. The van der Waals surface area contributed by atoms with Crippen molar-refractivity contribution in [1.29, 1.82) is 0 Å². The number of esters is 1. The minimum Gasteiger partial charge on any atom is -0.462 e. The van der Waals surface area contributed by atoms with Crippen LogP contribution in [0.3, 0.4) is 0 Å². The van der Waals surface area contributed by atoms with Crippen LogP contribution in [0.5, 0.6) is 5.75 Å². The Balaban J connectivity index is 1.31.